The van der Waals surface area contributed by atoms with Crippen molar-refractivity contribution in [3.63, 3.8) is 0 Å². The van der Waals surface area contributed by atoms with E-state index in [1.165, 1.54) is 18.2 Å². The second kappa shape index (κ2) is 5.76. The third-order valence-electron chi connectivity index (χ3n) is 4.03. The van der Waals surface area contributed by atoms with Crippen molar-refractivity contribution >= 4 is 22.6 Å². The zero-order valence-corrected chi connectivity index (χ0v) is 13.7. The number of benzene rings is 3. The van der Waals surface area contributed by atoms with E-state index in [2.05, 4.69) is 0 Å². The third kappa shape index (κ3) is 2.66. The van der Waals surface area contributed by atoms with Crippen LogP contribution >= 0.6 is 11.6 Å². The van der Waals surface area contributed by atoms with Gasteiger partial charge >= 0.3 is 0 Å². The van der Waals surface area contributed by atoms with Gasteiger partial charge in [0, 0.05) is 39.2 Å². The summed E-state index contributed by atoms with van der Waals surface area (Å²) < 4.78 is 5.97. The van der Waals surface area contributed by atoms with E-state index in [9.17, 15) is 15.3 Å². The molecule has 4 aromatic rings. The van der Waals surface area contributed by atoms with Gasteiger partial charge in [0.15, 0.2) is 0 Å². The molecule has 0 saturated heterocycles. The van der Waals surface area contributed by atoms with Gasteiger partial charge in [-0.2, -0.15) is 0 Å². The summed E-state index contributed by atoms with van der Waals surface area (Å²) >= 11 is 5.97. The average molecular weight is 353 g/mol. The lowest BCUT2D eigenvalue weighted by Crippen LogP contribution is -1.82. The zero-order valence-electron chi connectivity index (χ0n) is 12.9. The predicted molar refractivity (Wildman–Crippen MR) is 97.1 cm³/mol. The molecule has 1 aromatic heterocycles. The minimum atomic E-state index is -0.0639. The van der Waals surface area contributed by atoms with Crippen LogP contribution in [-0.2, 0) is 0 Å². The number of furan rings is 1. The van der Waals surface area contributed by atoms with E-state index >= 15 is 0 Å². The van der Waals surface area contributed by atoms with Gasteiger partial charge in [0.2, 0.25) is 0 Å². The van der Waals surface area contributed by atoms with Crippen molar-refractivity contribution in [2.45, 2.75) is 0 Å². The minimum absolute atomic E-state index is 0.0280. The molecule has 0 bridgehead atoms. The molecular formula is C20H13ClO4. The lowest BCUT2D eigenvalue weighted by molar-refractivity contribution is 0.452. The van der Waals surface area contributed by atoms with Gasteiger partial charge in [-0.25, -0.2) is 0 Å². The average Bonchev–Trinajstić information content (AvgIpc) is 2.94. The van der Waals surface area contributed by atoms with Crippen LogP contribution < -0.4 is 0 Å². The van der Waals surface area contributed by atoms with Gasteiger partial charge in [0.25, 0.3) is 0 Å². The smallest absolute Gasteiger partial charge is 0.143 e. The Balaban J connectivity index is 2.06. The van der Waals surface area contributed by atoms with Crippen molar-refractivity contribution in [1.29, 1.82) is 0 Å². The zero-order chi connectivity index (χ0) is 17.6. The number of hydrogen-bond acceptors (Lipinski definition) is 4. The predicted octanol–water partition coefficient (Wildman–Crippen LogP) is 5.54. The molecule has 0 amide bonds. The van der Waals surface area contributed by atoms with Crippen molar-refractivity contribution in [2.24, 2.45) is 0 Å². The first-order valence-corrected chi connectivity index (χ1v) is 7.94. The van der Waals surface area contributed by atoms with Crippen LogP contribution in [0, 0.1) is 0 Å². The topological polar surface area (TPSA) is 73.8 Å². The van der Waals surface area contributed by atoms with Crippen LogP contribution in [0.4, 0.5) is 0 Å². The fourth-order valence-electron chi connectivity index (χ4n) is 2.89. The highest BCUT2D eigenvalue weighted by atomic mass is 35.5. The molecule has 4 nitrogen and oxygen atoms in total. The molecule has 0 aliphatic rings. The molecule has 124 valence electrons. The number of fused-ring (bicyclic) bond motifs is 1. The Morgan fingerprint density at radius 1 is 0.760 bits per heavy atom. The van der Waals surface area contributed by atoms with Crippen LogP contribution in [0.5, 0.6) is 17.2 Å². The van der Waals surface area contributed by atoms with Crippen LogP contribution in [0.15, 0.2) is 65.1 Å². The molecule has 1 heterocycles. The van der Waals surface area contributed by atoms with Crippen LogP contribution in [0.1, 0.15) is 0 Å². The van der Waals surface area contributed by atoms with Crippen LogP contribution in [0.3, 0.4) is 0 Å². The van der Waals surface area contributed by atoms with Gasteiger partial charge in [-0.05, 0) is 48.5 Å². The largest absolute Gasteiger partial charge is 0.508 e. The van der Waals surface area contributed by atoms with E-state index in [1.807, 2.05) is 12.1 Å². The lowest BCUT2D eigenvalue weighted by Gasteiger charge is -2.07. The summed E-state index contributed by atoms with van der Waals surface area (Å²) in [6, 6.07) is 16.4. The van der Waals surface area contributed by atoms with Crippen molar-refractivity contribution in [2.75, 3.05) is 0 Å². The highest BCUT2D eigenvalue weighted by Gasteiger charge is 2.20. The fourth-order valence-corrected chi connectivity index (χ4v) is 3.01. The Kier molecular flexibility index (Phi) is 3.55. The van der Waals surface area contributed by atoms with E-state index < -0.39 is 0 Å². The van der Waals surface area contributed by atoms with Crippen molar-refractivity contribution < 1.29 is 19.7 Å². The number of rotatable bonds is 2. The van der Waals surface area contributed by atoms with E-state index in [1.54, 1.807) is 30.3 Å². The Morgan fingerprint density at radius 3 is 2.16 bits per heavy atom. The number of halogens is 1. The Hall–Kier alpha value is -3.11. The van der Waals surface area contributed by atoms with Gasteiger partial charge in [0.05, 0.1) is 0 Å². The molecular weight excluding hydrogens is 340 g/mol. The van der Waals surface area contributed by atoms with Crippen molar-refractivity contribution in [3.8, 4) is 39.7 Å². The molecule has 25 heavy (non-hydrogen) atoms. The molecule has 3 N–H and O–H groups in total. The van der Waals surface area contributed by atoms with Gasteiger partial charge in [0.1, 0.15) is 28.6 Å². The molecule has 0 unspecified atom stereocenters. The first-order chi connectivity index (χ1) is 12.0. The fraction of sp³-hybridized carbons (Fsp3) is 0. The van der Waals surface area contributed by atoms with Crippen LogP contribution in [0.25, 0.3) is 33.4 Å². The summed E-state index contributed by atoms with van der Waals surface area (Å²) in [6.07, 6.45) is 0. The third-order valence-corrected chi connectivity index (χ3v) is 4.28. The number of phenolic OH excluding ortho intramolecular Hbond substituents is 3. The first kappa shape index (κ1) is 15.4. The molecule has 5 heteroatoms. The van der Waals surface area contributed by atoms with Gasteiger partial charge < -0.3 is 19.7 Å². The molecule has 0 aliphatic carbocycles. The quantitative estimate of drug-likeness (QED) is 0.443. The van der Waals surface area contributed by atoms with E-state index in [4.69, 9.17) is 16.0 Å². The molecule has 4 rings (SSSR count). The molecule has 0 saturated carbocycles. The van der Waals surface area contributed by atoms with Crippen molar-refractivity contribution in [3.05, 3.63) is 65.7 Å². The minimum Gasteiger partial charge on any atom is -0.508 e. The maximum Gasteiger partial charge on any atom is 0.143 e. The second-order valence-electron chi connectivity index (χ2n) is 5.69. The van der Waals surface area contributed by atoms with E-state index in [0.29, 0.717) is 27.5 Å². The summed E-state index contributed by atoms with van der Waals surface area (Å²) in [5.41, 5.74) is 2.47. The molecule has 0 fully saturated rings. The SMILES string of the molecule is Oc1ccc(-c2c(-c3ccc(Cl)cc3)oc3cc(O)ccc23)c(O)c1. The van der Waals surface area contributed by atoms with Crippen LogP contribution in [0.2, 0.25) is 5.02 Å². The van der Waals surface area contributed by atoms with E-state index in [0.717, 1.165) is 10.9 Å². The molecule has 0 spiro atoms. The Labute approximate surface area is 148 Å². The molecule has 0 radical (unpaired) electrons. The number of phenols is 3. The van der Waals surface area contributed by atoms with Gasteiger partial charge in [-0.1, -0.05) is 11.6 Å². The standard InChI is InChI=1S/C20H13ClO4/c21-12-3-1-11(2-4-12)20-19(15-7-5-13(22)9-17(15)24)16-8-6-14(23)10-18(16)25-20/h1-10,22-24H. The lowest BCUT2D eigenvalue weighted by atomic mass is 9.97. The normalized spacial score (nSPS) is 11.1. The monoisotopic (exact) mass is 352 g/mol. The van der Waals surface area contributed by atoms with Crippen LogP contribution in [-0.4, -0.2) is 15.3 Å². The number of aromatic hydroxyl groups is 3. The van der Waals surface area contributed by atoms with Gasteiger partial charge in [-0.15, -0.1) is 0 Å². The maximum absolute atomic E-state index is 10.3. The summed E-state index contributed by atoms with van der Waals surface area (Å²) in [4.78, 5) is 0. The van der Waals surface area contributed by atoms with Crippen molar-refractivity contribution in [1.82, 2.24) is 0 Å². The van der Waals surface area contributed by atoms with E-state index in [-0.39, 0.29) is 17.2 Å². The number of hydrogen-bond donors (Lipinski definition) is 3. The Morgan fingerprint density at radius 2 is 1.44 bits per heavy atom. The summed E-state index contributed by atoms with van der Waals surface area (Å²) in [5.74, 6) is 0.536. The second-order valence-corrected chi connectivity index (χ2v) is 6.13. The Bertz CT molecular complexity index is 1080. The highest BCUT2D eigenvalue weighted by Crippen LogP contribution is 2.45. The molecule has 0 aliphatic heterocycles. The molecule has 0 atom stereocenters. The summed E-state index contributed by atoms with van der Waals surface area (Å²) in [7, 11) is 0. The molecule has 3 aromatic carbocycles. The summed E-state index contributed by atoms with van der Waals surface area (Å²) in [5, 5.41) is 31.0. The highest BCUT2D eigenvalue weighted by molar-refractivity contribution is 6.30. The first-order valence-electron chi connectivity index (χ1n) is 7.57. The summed E-state index contributed by atoms with van der Waals surface area (Å²) in [6.45, 7) is 0. The van der Waals surface area contributed by atoms with Gasteiger partial charge in [-0.3, -0.25) is 0 Å². The maximum atomic E-state index is 10.3.